The standard InChI is InChI=1S/C19H29N3O3/c23-18(20-9-14-21-10-3-1-2-4-11-21)16-7-12-22(13-8-16)19(24)17-6-5-15-25-17/h5-6,15-16H,1-4,7-14H2,(H,20,23). The molecule has 6 heteroatoms. The van der Waals surface area contributed by atoms with Gasteiger partial charge in [-0.05, 0) is 50.9 Å². The number of carbonyl (C=O) groups excluding carboxylic acids is 2. The summed E-state index contributed by atoms with van der Waals surface area (Å²) in [6, 6.07) is 3.40. The summed E-state index contributed by atoms with van der Waals surface area (Å²) in [6.45, 7) is 5.21. The first-order valence-electron chi connectivity index (χ1n) is 9.57. The molecule has 2 amide bonds. The van der Waals surface area contributed by atoms with Gasteiger partial charge in [0.15, 0.2) is 5.76 Å². The van der Waals surface area contributed by atoms with Crippen LogP contribution >= 0.6 is 0 Å². The Balaban J connectivity index is 1.36. The summed E-state index contributed by atoms with van der Waals surface area (Å²) in [5.74, 6) is 0.454. The number of amides is 2. The summed E-state index contributed by atoms with van der Waals surface area (Å²) in [5, 5.41) is 3.09. The maximum atomic E-state index is 12.4. The molecular weight excluding hydrogens is 318 g/mol. The van der Waals surface area contributed by atoms with Crippen molar-refractivity contribution in [3.8, 4) is 0 Å². The lowest BCUT2D eigenvalue weighted by molar-refractivity contribution is -0.126. The zero-order valence-corrected chi connectivity index (χ0v) is 14.9. The lowest BCUT2D eigenvalue weighted by Crippen LogP contribution is -2.44. The topological polar surface area (TPSA) is 65.8 Å². The Bertz CT molecular complexity index is 542. The van der Waals surface area contributed by atoms with Crippen molar-refractivity contribution in [2.24, 2.45) is 5.92 Å². The predicted octanol–water partition coefficient (Wildman–Crippen LogP) is 2.12. The van der Waals surface area contributed by atoms with Gasteiger partial charge in [0.2, 0.25) is 5.91 Å². The van der Waals surface area contributed by atoms with Gasteiger partial charge in [-0.25, -0.2) is 0 Å². The Kier molecular flexibility index (Phi) is 6.50. The van der Waals surface area contributed by atoms with Crippen molar-refractivity contribution < 1.29 is 14.0 Å². The van der Waals surface area contributed by atoms with E-state index in [-0.39, 0.29) is 17.7 Å². The number of hydrogen-bond acceptors (Lipinski definition) is 4. The Morgan fingerprint density at radius 1 is 1.08 bits per heavy atom. The van der Waals surface area contributed by atoms with Crippen LogP contribution in [0.5, 0.6) is 0 Å². The molecule has 0 radical (unpaired) electrons. The molecular formula is C19H29N3O3. The molecule has 0 saturated carbocycles. The predicted molar refractivity (Wildman–Crippen MR) is 95.3 cm³/mol. The Hall–Kier alpha value is -1.82. The number of nitrogens with one attached hydrogen (secondary N) is 1. The van der Waals surface area contributed by atoms with E-state index in [1.807, 2.05) is 0 Å². The van der Waals surface area contributed by atoms with Crippen molar-refractivity contribution >= 4 is 11.8 Å². The van der Waals surface area contributed by atoms with Gasteiger partial charge in [-0.2, -0.15) is 0 Å². The van der Waals surface area contributed by atoms with Crippen LogP contribution in [-0.4, -0.2) is 60.9 Å². The molecule has 0 unspecified atom stereocenters. The molecule has 25 heavy (non-hydrogen) atoms. The van der Waals surface area contributed by atoms with Gasteiger partial charge in [-0.1, -0.05) is 12.8 Å². The molecule has 1 aromatic heterocycles. The monoisotopic (exact) mass is 347 g/mol. The number of hydrogen-bond donors (Lipinski definition) is 1. The van der Waals surface area contributed by atoms with E-state index in [0.717, 1.165) is 39.0 Å². The van der Waals surface area contributed by atoms with E-state index in [0.29, 0.717) is 18.8 Å². The van der Waals surface area contributed by atoms with Gasteiger partial charge >= 0.3 is 0 Å². The average Bonchev–Trinajstić information content (AvgIpc) is 3.06. The number of rotatable bonds is 5. The first-order chi connectivity index (χ1) is 12.2. The van der Waals surface area contributed by atoms with Crippen LogP contribution in [0.2, 0.25) is 0 Å². The number of piperidine rings is 1. The summed E-state index contributed by atoms with van der Waals surface area (Å²) in [5.41, 5.74) is 0. The molecule has 3 rings (SSSR count). The number of furan rings is 1. The van der Waals surface area contributed by atoms with Gasteiger partial charge in [0.1, 0.15) is 0 Å². The summed E-state index contributed by atoms with van der Waals surface area (Å²) in [7, 11) is 0. The quantitative estimate of drug-likeness (QED) is 0.886. The normalized spacial score (nSPS) is 20.2. The minimum absolute atomic E-state index is 0.0183. The van der Waals surface area contributed by atoms with Crippen LogP contribution in [0.25, 0.3) is 0 Å². The summed E-state index contributed by atoms with van der Waals surface area (Å²) >= 11 is 0. The zero-order valence-electron chi connectivity index (χ0n) is 14.9. The van der Waals surface area contributed by atoms with E-state index in [1.54, 1.807) is 17.0 Å². The highest BCUT2D eigenvalue weighted by molar-refractivity contribution is 5.91. The first kappa shape index (κ1) is 18.0. The molecule has 0 atom stereocenters. The minimum Gasteiger partial charge on any atom is -0.459 e. The van der Waals surface area contributed by atoms with Gasteiger partial charge < -0.3 is 19.5 Å². The summed E-state index contributed by atoms with van der Waals surface area (Å²) in [6.07, 6.45) is 8.17. The highest BCUT2D eigenvalue weighted by Gasteiger charge is 2.28. The fraction of sp³-hybridized carbons (Fsp3) is 0.684. The lowest BCUT2D eigenvalue weighted by atomic mass is 9.95. The van der Waals surface area contributed by atoms with E-state index >= 15 is 0 Å². The smallest absolute Gasteiger partial charge is 0.289 e. The Morgan fingerprint density at radius 2 is 1.80 bits per heavy atom. The molecule has 2 aliphatic rings. The van der Waals surface area contributed by atoms with Crippen LogP contribution in [0.4, 0.5) is 0 Å². The molecule has 0 aromatic carbocycles. The Morgan fingerprint density at radius 3 is 2.44 bits per heavy atom. The molecule has 0 aliphatic carbocycles. The molecule has 3 heterocycles. The van der Waals surface area contributed by atoms with Crippen molar-refractivity contribution in [2.45, 2.75) is 38.5 Å². The van der Waals surface area contributed by atoms with E-state index in [9.17, 15) is 9.59 Å². The summed E-state index contributed by atoms with van der Waals surface area (Å²) in [4.78, 5) is 28.8. The van der Waals surface area contributed by atoms with Crippen LogP contribution in [0, 0.1) is 5.92 Å². The van der Waals surface area contributed by atoms with Crippen molar-refractivity contribution in [2.75, 3.05) is 39.3 Å². The first-order valence-corrected chi connectivity index (χ1v) is 9.57. The highest BCUT2D eigenvalue weighted by atomic mass is 16.3. The number of carbonyl (C=O) groups is 2. The molecule has 2 fully saturated rings. The van der Waals surface area contributed by atoms with Crippen molar-refractivity contribution in [1.29, 1.82) is 0 Å². The highest BCUT2D eigenvalue weighted by Crippen LogP contribution is 2.19. The fourth-order valence-corrected chi connectivity index (χ4v) is 3.74. The van der Waals surface area contributed by atoms with Crippen molar-refractivity contribution in [3.05, 3.63) is 24.2 Å². The number of likely N-dealkylation sites (tertiary alicyclic amines) is 2. The van der Waals surface area contributed by atoms with E-state index in [4.69, 9.17) is 4.42 Å². The fourth-order valence-electron chi connectivity index (χ4n) is 3.74. The summed E-state index contributed by atoms with van der Waals surface area (Å²) < 4.78 is 5.17. The van der Waals surface area contributed by atoms with Gasteiger partial charge in [0, 0.05) is 32.1 Å². The second kappa shape index (κ2) is 9.04. The second-order valence-electron chi connectivity index (χ2n) is 7.09. The third-order valence-corrected chi connectivity index (χ3v) is 5.31. The van der Waals surface area contributed by atoms with Gasteiger partial charge in [0.25, 0.3) is 5.91 Å². The molecule has 2 saturated heterocycles. The zero-order chi connectivity index (χ0) is 17.5. The minimum atomic E-state index is -0.0787. The number of nitrogens with zero attached hydrogens (tertiary/aromatic N) is 2. The lowest BCUT2D eigenvalue weighted by Gasteiger charge is -2.31. The van der Waals surface area contributed by atoms with E-state index in [1.165, 1.54) is 31.9 Å². The molecule has 0 spiro atoms. The van der Waals surface area contributed by atoms with Crippen LogP contribution in [0.15, 0.2) is 22.8 Å². The van der Waals surface area contributed by atoms with E-state index < -0.39 is 0 Å². The van der Waals surface area contributed by atoms with Crippen molar-refractivity contribution in [3.63, 3.8) is 0 Å². The second-order valence-corrected chi connectivity index (χ2v) is 7.09. The Labute approximate surface area is 149 Å². The van der Waals surface area contributed by atoms with Crippen LogP contribution in [0.3, 0.4) is 0 Å². The van der Waals surface area contributed by atoms with Gasteiger partial charge in [-0.15, -0.1) is 0 Å². The molecule has 6 nitrogen and oxygen atoms in total. The maximum Gasteiger partial charge on any atom is 0.289 e. The largest absolute Gasteiger partial charge is 0.459 e. The van der Waals surface area contributed by atoms with Crippen LogP contribution in [0.1, 0.15) is 49.1 Å². The van der Waals surface area contributed by atoms with Gasteiger partial charge in [0.05, 0.1) is 6.26 Å². The van der Waals surface area contributed by atoms with Crippen LogP contribution in [-0.2, 0) is 4.79 Å². The molecule has 1 aromatic rings. The third kappa shape index (κ3) is 5.08. The molecule has 1 N–H and O–H groups in total. The van der Waals surface area contributed by atoms with Crippen LogP contribution < -0.4 is 5.32 Å². The third-order valence-electron chi connectivity index (χ3n) is 5.31. The molecule has 138 valence electrons. The van der Waals surface area contributed by atoms with Gasteiger partial charge in [-0.3, -0.25) is 9.59 Å². The van der Waals surface area contributed by atoms with E-state index in [2.05, 4.69) is 10.2 Å². The molecule has 0 bridgehead atoms. The molecule has 2 aliphatic heterocycles. The van der Waals surface area contributed by atoms with Crippen molar-refractivity contribution in [1.82, 2.24) is 15.1 Å². The average molecular weight is 347 g/mol. The SMILES string of the molecule is O=C(NCCN1CCCCCC1)C1CCN(C(=O)c2ccco2)CC1. The maximum absolute atomic E-state index is 12.4.